The molecule has 1 unspecified atom stereocenters. The van der Waals surface area contributed by atoms with E-state index in [1.54, 1.807) is 0 Å². The molecule has 1 aliphatic heterocycles. The van der Waals surface area contributed by atoms with Gasteiger partial charge in [0.25, 0.3) is 0 Å². The van der Waals surface area contributed by atoms with Crippen LogP contribution in [0.3, 0.4) is 0 Å². The number of benzene rings is 1. The Kier molecular flexibility index (Phi) is 10.0. The van der Waals surface area contributed by atoms with Crippen molar-refractivity contribution in [3.63, 3.8) is 0 Å². The standard InChI is InChI=1S/C23H31BrO3/c1-18(9-14-22(25)20-10-12-21(24)13-11-20)6-5-7-19(2)15-17-27-23-8-3-4-16-26-23/h6,10-13,15,23H,3-5,7-9,14,16-17H2,1-2H3. The van der Waals surface area contributed by atoms with E-state index in [9.17, 15) is 4.79 Å². The number of Topliss-reactive ketones (excluding diaryl/α,β-unsaturated/α-hetero) is 1. The number of carbonyl (C=O) groups is 1. The summed E-state index contributed by atoms with van der Waals surface area (Å²) in [5.74, 6) is 0.202. The van der Waals surface area contributed by atoms with E-state index in [-0.39, 0.29) is 12.1 Å². The molecule has 1 fully saturated rings. The molecule has 0 N–H and O–H groups in total. The van der Waals surface area contributed by atoms with Gasteiger partial charge in [0.15, 0.2) is 12.1 Å². The molecule has 1 atom stereocenters. The van der Waals surface area contributed by atoms with Crippen molar-refractivity contribution in [2.75, 3.05) is 13.2 Å². The van der Waals surface area contributed by atoms with Gasteiger partial charge in [-0.05, 0) is 64.5 Å². The first kappa shape index (κ1) is 22.1. The van der Waals surface area contributed by atoms with Crippen LogP contribution in [-0.4, -0.2) is 25.3 Å². The molecule has 4 heteroatoms. The van der Waals surface area contributed by atoms with Gasteiger partial charge in [0.2, 0.25) is 0 Å². The van der Waals surface area contributed by atoms with E-state index in [4.69, 9.17) is 9.47 Å². The zero-order valence-electron chi connectivity index (χ0n) is 16.5. The summed E-state index contributed by atoms with van der Waals surface area (Å²) >= 11 is 3.39. The van der Waals surface area contributed by atoms with E-state index in [0.717, 1.165) is 48.7 Å². The van der Waals surface area contributed by atoms with Crippen LogP contribution in [0.4, 0.5) is 0 Å². The number of halogens is 1. The lowest BCUT2D eigenvalue weighted by Crippen LogP contribution is -2.22. The number of ether oxygens (including phenoxy) is 2. The summed E-state index contributed by atoms with van der Waals surface area (Å²) in [5.41, 5.74) is 3.40. The summed E-state index contributed by atoms with van der Waals surface area (Å²) in [6.07, 6.45) is 11.1. The zero-order valence-corrected chi connectivity index (χ0v) is 18.1. The Morgan fingerprint density at radius 1 is 1.11 bits per heavy atom. The highest BCUT2D eigenvalue weighted by Gasteiger charge is 2.12. The van der Waals surface area contributed by atoms with Gasteiger partial charge in [-0.15, -0.1) is 0 Å². The van der Waals surface area contributed by atoms with Crippen LogP contribution in [0, 0.1) is 0 Å². The smallest absolute Gasteiger partial charge is 0.163 e. The average molecular weight is 435 g/mol. The molecular weight excluding hydrogens is 404 g/mol. The van der Waals surface area contributed by atoms with Gasteiger partial charge in [-0.2, -0.15) is 0 Å². The number of carbonyl (C=O) groups excluding carboxylic acids is 1. The fourth-order valence-corrected chi connectivity index (χ4v) is 3.25. The largest absolute Gasteiger partial charge is 0.353 e. The third kappa shape index (κ3) is 9.00. The summed E-state index contributed by atoms with van der Waals surface area (Å²) in [6, 6.07) is 7.57. The second-order valence-corrected chi connectivity index (χ2v) is 8.11. The van der Waals surface area contributed by atoms with Crippen molar-refractivity contribution in [3.05, 3.63) is 57.6 Å². The summed E-state index contributed by atoms with van der Waals surface area (Å²) in [6.45, 7) is 5.70. The van der Waals surface area contributed by atoms with Gasteiger partial charge < -0.3 is 9.47 Å². The molecule has 1 heterocycles. The van der Waals surface area contributed by atoms with Crippen LogP contribution < -0.4 is 0 Å². The number of ketones is 1. The Balaban J connectivity index is 1.63. The number of rotatable bonds is 10. The molecule has 0 aliphatic carbocycles. The monoisotopic (exact) mass is 434 g/mol. The van der Waals surface area contributed by atoms with Crippen LogP contribution in [0.15, 0.2) is 52.0 Å². The first-order valence-electron chi connectivity index (χ1n) is 9.88. The molecule has 0 bridgehead atoms. The molecule has 0 saturated carbocycles. The highest BCUT2D eigenvalue weighted by Crippen LogP contribution is 2.16. The van der Waals surface area contributed by atoms with Gasteiger partial charge in [0.1, 0.15) is 0 Å². The third-order valence-electron chi connectivity index (χ3n) is 4.80. The number of hydrogen-bond donors (Lipinski definition) is 0. The Morgan fingerprint density at radius 2 is 1.85 bits per heavy atom. The topological polar surface area (TPSA) is 35.5 Å². The maximum Gasteiger partial charge on any atom is 0.163 e. The molecule has 0 amide bonds. The lowest BCUT2D eigenvalue weighted by molar-refractivity contribution is -0.155. The second-order valence-electron chi connectivity index (χ2n) is 7.20. The molecular formula is C23H31BrO3. The summed E-state index contributed by atoms with van der Waals surface area (Å²) in [5, 5.41) is 0. The van der Waals surface area contributed by atoms with Crippen LogP contribution in [0.25, 0.3) is 0 Å². The fraction of sp³-hybridized carbons (Fsp3) is 0.522. The molecule has 1 saturated heterocycles. The van der Waals surface area contributed by atoms with Gasteiger partial charge in [-0.3, -0.25) is 4.79 Å². The normalized spacial score (nSPS) is 18.6. The minimum Gasteiger partial charge on any atom is -0.353 e. The fourth-order valence-electron chi connectivity index (χ4n) is 2.98. The van der Waals surface area contributed by atoms with Crippen LogP contribution in [-0.2, 0) is 9.47 Å². The van der Waals surface area contributed by atoms with Crippen LogP contribution in [0.2, 0.25) is 0 Å². The number of hydrogen-bond acceptors (Lipinski definition) is 3. The van der Waals surface area contributed by atoms with Crippen molar-refractivity contribution >= 4 is 21.7 Å². The molecule has 0 spiro atoms. The molecule has 3 nitrogen and oxygen atoms in total. The van der Waals surface area contributed by atoms with Gasteiger partial charge in [0.05, 0.1) is 6.61 Å². The molecule has 1 aromatic carbocycles. The van der Waals surface area contributed by atoms with Crippen molar-refractivity contribution < 1.29 is 14.3 Å². The maximum absolute atomic E-state index is 12.2. The van der Waals surface area contributed by atoms with E-state index in [2.05, 4.69) is 41.9 Å². The van der Waals surface area contributed by atoms with Gasteiger partial charge in [0, 0.05) is 23.1 Å². The minimum atomic E-state index is -0.0202. The zero-order chi connectivity index (χ0) is 19.5. The lowest BCUT2D eigenvalue weighted by Gasteiger charge is -2.22. The highest BCUT2D eigenvalue weighted by molar-refractivity contribution is 9.10. The number of allylic oxidation sites excluding steroid dienone is 3. The predicted molar refractivity (Wildman–Crippen MR) is 114 cm³/mol. The van der Waals surface area contributed by atoms with E-state index < -0.39 is 0 Å². The molecule has 1 aromatic rings. The SMILES string of the molecule is CC(=CCOC1CCCCO1)CCC=C(C)CCC(=O)c1ccc(Br)cc1. The second kappa shape index (κ2) is 12.3. The Bertz CT molecular complexity index is 640. The lowest BCUT2D eigenvalue weighted by atomic mass is 10.0. The van der Waals surface area contributed by atoms with Crippen molar-refractivity contribution in [2.45, 2.75) is 65.1 Å². The van der Waals surface area contributed by atoms with Crippen molar-refractivity contribution in [1.82, 2.24) is 0 Å². The molecule has 1 aliphatic rings. The molecule has 27 heavy (non-hydrogen) atoms. The maximum atomic E-state index is 12.2. The highest BCUT2D eigenvalue weighted by atomic mass is 79.9. The predicted octanol–water partition coefficient (Wildman–Crippen LogP) is 6.63. The van der Waals surface area contributed by atoms with Crippen molar-refractivity contribution in [2.24, 2.45) is 0 Å². The molecule has 2 rings (SSSR count). The summed E-state index contributed by atoms with van der Waals surface area (Å²) in [7, 11) is 0. The first-order chi connectivity index (χ1) is 13.0. The molecule has 148 valence electrons. The Morgan fingerprint density at radius 3 is 2.56 bits per heavy atom. The Hall–Kier alpha value is -1.23. The van der Waals surface area contributed by atoms with E-state index in [1.165, 1.54) is 17.6 Å². The Labute approximate surface area is 172 Å². The van der Waals surface area contributed by atoms with Crippen molar-refractivity contribution in [3.8, 4) is 0 Å². The van der Waals surface area contributed by atoms with Gasteiger partial charge in [-0.25, -0.2) is 0 Å². The van der Waals surface area contributed by atoms with Crippen LogP contribution in [0.1, 0.15) is 69.2 Å². The molecule has 0 aromatic heterocycles. The van der Waals surface area contributed by atoms with E-state index in [0.29, 0.717) is 13.0 Å². The summed E-state index contributed by atoms with van der Waals surface area (Å²) < 4.78 is 12.3. The van der Waals surface area contributed by atoms with E-state index >= 15 is 0 Å². The van der Waals surface area contributed by atoms with E-state index in [1.807, 2.05) is 24.3 Å². The third-order valence-corrected chi connectivity index (χ3v) is 5.32. The van der Waals surface area contributed by atoms with Gasteiger partial charge >= 0.3 is 0 Å². The average Bonchev–Trinajstić information content (AvgIpc) is 2.67. The molecule has 0 radical (unpaired) electrons. The minimum absolute atomic E-state index is 0.0202. The summed E-state index contributed by atoms with van der Waals surface area (Å²) in [4.78, 5) is 12.2. The quantitative estimate of drug-likeness (QED) is 0.306. The van der Waals surface area contributed by atoms with Gasteiger partial charge in [-0.1, -0.05) is 51.4 Å². The van der Waals surface area contributed by atoms with Crippen LogP contribution >= 0.6 is 15.9 Å². The first-order valence-corrected chi connectivity index (χ1v) is 10.7. The van der Waals surface area contributed by atoms with Crippen LogP contribution in [0.5, 0.6) is 0 Å². The van der Waals surface area contributed by atoms with Crippen molar-refractivity contribution in [1.29, 1.82) is 0 Å².